The van der Waals surface area contributed by atoms with Crippen molar-refractivity contribution in [1.29, 1.82) is 0 Å². The van der Waals surface area contributed by atoms with E-state index in [0.29, 0.717) is 17.7 Å². The Morgan fingerprint density at radius 3 is 3.00 bits per heavy atom. The quantitative estimate of drug-likeness (QED) is 0.854. The largest absolute Gasteiger partial charge is 0.379 e. The number of benzene rings is 1. The maximum absolute atomic E-state index is 12.9. The third-order valence-corrected chi connectivity index (χ3v) is 2.93. The number of carbonyl (C=O) groups excluding carboxylic acids is 1. The summed E-state index contributed by atoms with van der Waals surface area (Å²) in [6.45, 7) is 3.06. The molecule has 2 rings (SSSR count). The molecule has 1 heterocycles. The van der Waals surface area contributed by atoms with Crippen LogP contribution in [0.3, 0.4) is 0 Å². The van der Waals surface area contributed by atoms with Crippen LogP contribution in [0.25, 0.3) is 0 Å². The van der Waals surface area contributed by atoms with Crippen LogP contribution in [0.1, 0.15) is 28.8 Å². The summed E-state index contributed by atoms with van der Waals surface area (Å²) >= 11 is 0. The first-order chi connectivity index (χ1) is 8.16. The molecule has 1 atom stereocenters. The molecule has 0 aromatic heterocycles. The van der Waals surface area contributed by atoms with Crippen LogP contribution in [0, 0.1) is 12.7 Å². The van der Waals surface area contributed by atoms with Gasteiger partial charge in [-0.25, -0.2) is 4.39 Å². The Hall–Kier alpha value is -1.42. The molecule has 0 aliphatic carbocycles. The van der Waals surface area contributed by atoms with Gasteiger partial charge in [0.05, 0.1) is 12.6 Å². The summed E-state index contributed by atoms with van der Waals surface area (Å²) in [5, 5.41) is 2.91. The number of amides is 1. The van der Waals surface area contributed by atoms with Gasteiger partial charge in [0.1, 0.15) is 5.82 Å². The highest BCUT2D eigenvalue weighted by Crippen LogP contribution is 2.12. The van der Waals surface area contributed by atoms with Gasteiger partial charge in [-0.3, -0.25) is 4.79 Å². The molecule has 1 amide bonds. The molecule has 0 saturated carbocycles. The SMILES string of the molecule is Cc1cc(F)ccc1C(=O)NC1CCCOC1. The van der Waals surface area contributed by atoms with E-state index >= 15 is 0 Å². The molecule has 3 nitrogen and oxygen atoms in total. The number of rotatable bonds is 2. The summed E-state index contributed by atoms with van der Waals surface area (Å²) in [5.41, 5.74) is 1.18. The summed E-state index contributed by atoms with van der Waals surface area (Å²) in [6.07, 6.45) is 1.90. The van der Waals surface area contributed by atoms with Crippen molar-refractivity contribution in [2.24, 2.45) is 0 Å². The molecule has 1 aromatic carbocycles. The summed E-state index contributed by atoms with van der Waals surface area (Å²) in [5.74, 6) is -0.474. The fraction of sp³-hybridized carbons (Fsp3) is 0.462. The molecule has 1 N–H and O–H groups in total. The molecular formula is C13H16FNO2. The van der Waals surface area contributed by atoms with E-state index in [2.05, 4.69) is 5.32 Å². The molecule has 1 fully saturated rings. The molecule has 1 aliphatic rings. The average molecular weight is 237 g/mol. The second kappa shape index (κ2) is 5.27. The molecule has 1 unspecified atom stereocenters. The average Bonchev–Trinajstić information content (AvgIpc) is 2.30. The molecule has 17 heavy (non-hydrogen) atoms. The Bertz CT molecular complexity index is 414. The number of hydrogen-bond acceptors (Lipinski definition) is 2. The minimum atomic E-state index is -0.319. The van der Waals surface area contributed by atoms with E-state index in [1.54, 1.807) is 6.92 Å². The monoisotopic (exact) mass is 237 g/mol. The van der Waals surface area contributed by atoms with Gasteiger partial charge in [-0.1, -0.05) is 0 Å². The van der Waals surface area contributed by atoms with Crippen LogP contribution in [-0.2, 0) is 4.74 Å². The van der Waals surface area contributed by atoms with Crippen molar-refractivity contribution in [2.75, 3.05) is 13.2 Å². The van der Waals surface area contributed by atoms with Crippen LogP contribution >= 0.6 is 0 Å². The normalized spacial score (nSPS) is 20.0. The fourth-order valence-electron chi connectivity index (χ4n) is 2.00. The van der Waals surface area contributed by atoms with Crippen LogP contribution in [-0.4, -0.2) is 25.2 Å². The number of carbonyl (C=O) groups is 1. The van der Waals surface area contributed by atoms with E-state index in [-0.39, 0.29) is 17.8 Å². The van der Waals surface area contributed by atoms with Gasteiger partial charge >= 0.3 is 0 Å². The van der Waals surface area contributed by atoms with E-state index in [9.17, 15) is 9.18 Å². The minimum absolute atomic E-state index is 0.0701. The summed E-state index contributed by atoms with van der Waals surface area (Å²) < 4.78 is 18.2. The zero-order valence-corrected chi connectivity index (χ0v) is 9.83. The first-order valence-corrected chi connectivity index (χ1v) is 5.81. The van der Waals surface area contributed by atoms with E-state index in [4.69, 9.17) is 4.74 Å². The molecule has 1 aliphatic heterocycles. The van der Waals surface area contributed by atoms with Gasteiger partial charge in [0.15, 0.2) is 0 Å². The van der Waals surface area contributed by atoms with Crippen molar-refractivity contribution >= 4 is 5.91 Å². The molecule has 0 radical (unpaired) electrons. The van der Waals surface area contributed by atoms with Gasteiger partial charge in [0.25, 0.3) is 5.91 Å². The zero-order valence-electron chi connectivity index (χ0n) is 9.83. The topological polar surface area (TPSA) is 38.3 Å². The van der Waals surface area contributed by atoms with Crippen molar-refractivity contribution in [3.8, 4) is 0 Å². The van der Waals surface area contributed by atoms with Crippen molar-refractivity contribution < 1.29 is 13.9 Å². The smallest absolute Gasteiger partial charge is 0.251 e. The molecule has 0 bridgehead atoms. The highest BCUT2D eigenvalue weighted by atomic mass is 19.1. The summed E-state index contributed by atoms with van der Waals surface area (Å²) in [7, 11) is 0. The van der Waals surface area contributed by atoms with Gasteiger partial charge in [-0.05, 0) is 43.5 Å². The highest BCUT2D eigenvalue weighted by Gasteiger charge is 2.18. The predicted octanol–water partition coefficient (Wildman–Crippen LogP) is 2.04. The third-order valence-electron chi connectivity index (χ3n) is 2.93. The second-order valence-corrected chi connectivity index (χ2v) is 4.35. The molecular weight excluding hydrogens is 221 g/mol. The van der Waals surface area contributed by atoms with Gasteiger partial charge < -0.3 is 10.1 Å². The maximum Gasteiger partial charge on any atom is 0.251 e. The molecule has 0 spiro atoms. The van der Waals surface area contributed by atoms with Crippen LogP contribution < -0.4 is 5.32 Å². The van der Waals surface area contributed by atoms with E-state index in [0.717, 1.165) is 19.4 Å². The molecule has 4 heteroatoms. The van der Waals surface area contributed by atoms with Gasteiger partial charge in [0, 0.05) is 12.2 Å². The Morgan fingerprint density at radius 2 is 2.35 bits per heavy atom. The van der Waals surface area contributed by atoms with Gasteiger partial charge in [0.2, 0.25) is 0 Å². The van der Waals surface area contributed by atoms with Crippen molar-refractivity contribution in [3.05, 3.63) is 35.1 Å². The van der Waals surface area contributed by atoms with Crippen molar-refractivity contribution in [3.63, 3.8) is 0 Å². The molecule has 1 aromatic rings. The lowest BCUT2D eigenvalue weighted by Gasteiger charge is -2.23. The lowest BCUT2D eigenvalue weighted by molar-refractivity contribution is 0.0624. The molecule has 1 saturated heterocycles. The summed E-state index contributed by atoms with van der Waals surface area (Å²) in [6, 6.07) is 4.26. The molecule has 92 valence electrons. The lowest BCUT2D eigenvalue weighted by atomic mass is 10.1. The lowest BCUT2D eigenvalue weighted by Crippen LogP contribution is -2.40. The number of ether oxygens (including phenoxy) is 1. The zero-order chi connectivity index (χ0) is 12.3. The van der Waals surface area contributed by atoms with E-state index in [1.165, 1.54) is 18.2 Å². The second-order valence-electron chi connectivity index (χ2n) is 4.35. The van der Waals surface area contributed by atoms with E-state index < -0.39 is 0 Å². The Kier molecular flexibility index (Phi) is 3.74. The van der Waals surface area contributed by atoms with Crippen LogP contribution in [0.5, 0.6) is 0 Å². The summed E-state index contributed by atoms with van der Waals surface area (Å²) in [4.78, 5) is 12.0. The Morgan fingerprint density at radius 1 is 1.53 bits per heavy atom. The predicted molar refractivity (Wildman–Crippen MR) is 62.4 cm³/mol. The van der Waals surface area contributed by atoms with Crippen LogP contribution in [0.2, 0.25) is 0 Å². The van der Waals surface area contributed by atoms with Gasteiger partial charge in [-0.2, -0.15) is 0 Å². The number of hydrogen-bond donors (Lipinski definition) is 1. The standard InChI is InChI=1S/C13H16FNO2/c1-9-7-10(14)4-5-12(9)13(16)15-11-3-2-6-17-8-11/h4-5,7,11H,2-3,6,8H2,1H3,(H,15,16). The first kappa shape index (κ1) is 12.0. The fourth-order valence-corrected chi connectivity index (χ4v) is 2.00. The van der Waals surface area contributed by atoms with E-state index in [1.807, 2.05) is 0 Å². The number of nitrogens with one attached hydrogen (secondary N) is 1. The van der Waals surface area contributed by atoms with Crippen LogP contribution in [0.4, 0.5) is 4.39 Å². The Balaban J connectivity index is 2.03. The van der Waals surface area contributed by atoms with Crippen molar-refractivity contribution in [2.45, 2.75) is 25.8 Å². The first-order valence-electron chi connectivity index (χ1n) is 5.81. The highest BCUT2D eigenvalue weighted by molar-refractivity contribution is 5.95. The number of aryl methyl sites for hydroxylation is 1. The minimum Gasteiger partial charge on any atom is -0.379 e. The van der Waals surface area contributed by atoms with Crippen LogP contribution in [0.15, 0.2) is 18.2 Å². The maximum atomic E-state index is 12.9. The number of halogens is 1. The Labute approximate surface area is 100.0 Å². The van der Waals surface area contributed by atoms with Crippen molar-refractivity contribution in [1.82, 2.24) is 5.32 Å². The van der Waals surface area contributed by atoms with Gasteiger partial charge in [-0.15, -0.1) is 0 Å². The third kappa shape index (κ3) is 3.03.